The number of likely N-dealkylation sites (tertiary alicyclic amines) is 1. The predicted molar refractivity (Wildman–Crippen MR) is 113 cm³/mol. The van der Waals surface area contributed by atoms with Crippen molar-refractivity contribution in [2.45, 2.75) is 32.7 Å². The molecular formula is C22H28N2O4S. The fourth-order valence-electron chi connectivity index (χ4n) is 3.51. The zero-order chi connectivity index (χ0) is 20.9. The van der Waals surface area contributed by atoms with Gasteiger partial charge in [0.1, 0.15) is 11.5 Å². The van der Waals surface area contributed by atoms with Crippen LogP contribution in [0, 0.1) is 5.41 Å². The number of hydrogen-bond donors (Lipinski definition) is 1. The standard InChI is InChI=1S/C22H28N2O4S/c1-22(6-8-24(9-7-22)20(25)14-19-5-4-10-29-19)21(26)23-15-16-11-17(27-2)13-18(12-16)28-3/h4-5,10-13H,6-9,14-15H2,1-3H3,(H,23,26). The molecule has 0 saturated carbocycles. The van der Waals surface area contributed by atoms with Gasteiger partial charge < -0.3 is 19.7 Å². The van der Waals surface area contributed by atoms with Crippen molar-refractivity contribution < 1.29 is 19.1 Å². The maximum Gasteiger partial charge on any atom is 0.227 e. The van der Waals surface area contributed by atoms with Crippen molar-refractivity contribution in [3.8, 4) is 11.5 Å². The molecule has 0 spiro atoms. The van der Waals surface area contributed by atoms with Crippen LogP contribution in [0.5, 0.6) is 11.5 Å². The number of methoxy groups -OCH3 is 2. The second-order valence-electron chi connectivity index (χ2n) is 7.60. The molecule has 2 aromatic rings. The minimum atomic E-state index is -0.470. The van der Waals surface area contributed by atoms with Gasteiger partial charge in [-0.05, 0) is 42.0 Å². The molecule has 0 bridgehead atoms. The van der Waals surface area contributed by atoms with Gasteiger partial charge in [-0.15, -0.1) is 11.3 Å². The van der Waals surface area contributed by atoms with Gasteiger partial charge >= 0.3 is 0 Å². The molecule has 2 heterocycles. The van der Waals surface area contributed by atoms with Crippen LogP contribution in [0.15, 0.2) is 35.7 Å². The number of rotatable bonds is 7. The van der Waals surface area contributed by atoms with Crippen molar-refractivity contribution in [2.75, 3.05) is 27.3 Å². The molecule has 0 aliphatic carbocycles. The lowest BCUT2D eigenvalue weighted by atomic mass is 9.79. The highest BCUT2D eigenvalue weighted by Crippen LogP contribution is 2.32. The summed E-state index contributed by atoms with van der Waals surface area (Å²) < 4.78 is 10.6. The van der Waals surface area contributed by atoms with E-state index in [2.05, 4.69) is 5.32 Å². The SMILES string of the molecule is COc1cc(CNC(=O)C2(C)CCN(C(=O)Cc3cccs3)CC2)cc(OC)c1. The maximum absolute atomic E-state index is 12.9. The van der Waals surface area contributed by atoms with Crippen molar-refractivity contribution in [1.82, 2.24) is 10.2 Å². The Kier molecular flexibility index (Phi) is 6.79. The van der Waals surface area contributed by atoms with Crippen LogP contribution in [0.3, 0.4) is 0 Å². The van der Waals surface area contributed by atoms with E-state index >= 15 is 0 Å². The van der Waals surface area contributed by atoms with Gasteiger partial charge in [0.25, 0.3) is 0 Å². The summed E-state index contributed by atoms with van der Waals surface area (Å²) in [6.07, 6.45) is 1.77. The van der Waals surface area contributed by atoms with E-state index in [1.807, 2.05) is 41.5 Å². The Labute approximate surface area is 175 Å². The van der Waals surface area contributed by atoms with Gasteiger partial charge in [-0.3, -0.25) is 9.59 Å². The molecule has 0 unspecified atom stereocenters. The number of nitrogens with one attached hydrogen (secondary N) is 1. The second-order valence-corrected chi connectivity index (χ2v) is 8.63. The fourth-order valence-corrected chi connectivity index (χ4v) is 4.21. The van der Waals surface area contributed by atoms with Crippen molar-refractivity contribution in [3.05, 3.63) is 46.2 Å². The normalized spacial score (nSPS) is 15.6. The van der Waals surface area contributed by atoms with Gasteiger partial charge in [-0.1, -0.05) is 13.0 Å². The van der Waals surface area contributed by atoms with Crippen molar-refractivity contribution in [2.24, 2.45) is 5.41 Å². The van der Waals surface area contributed by atoms with E-state index in [1.54, 1.807) is 31.6 Å². The Morgan fingerprint density at radius 1 is 1.14 bits per heavy atom. The molecule has 1 aromatic carbocycles. The highest BCUT2D eigenvalue weighted by molar-refractivity contribution is 7.10. The smallest absolute Gasteiger partial charge is 0.227 e. The number of hydrogen-bond acceptors (Lipinski definition) is 5. The Hall–Kier alpha value is -2.54. The molecule has 2 amide bonds. The summed E-state index contributed by atoms with van der Waals surface area (Å²) in [5, 5.41) is 5.02. The number of amides is 2. The first kappa shape index (κ1) is 21.2. The Balaban J connectivity index is 1.53. The minimum Gasteiger partial charge on any atom is -0.497 e. The third kappa shape index (κ3) is 5.29. The van der Waals surface area contributed by atoms with E-state index in [1.165, 1.54) is 0 Å². The lowest BCUT2D eigenvalue weighted by molar-refractivity contribution is -0.139. The van der Waals surface area contributed by atoms with E-state index in [0.29, 0.717) is 50.4 Å². The van der Waals surface area contributed by atoms with Crippen LogP contribution < -0.4 is 14.8 Å². The first-order valence-electron chi connectivity index (χ1n) is 9.74. The van der Waals surface area contributed by atoms with Crippen LogP contribution >= 0.6 is 11.3 Å². The van der Waals surface area contributed by atoms with Gasteiger partial charge in [0.05, 0.1) is 20.6 Å². The largest absolute Gasteiger partial charge is 0.497 e. The lowest BCUT2D eigenvalue weighted by Gasteiger charge is -2.38. The molecule has 0 atom stereocenters. The zero-order valence-electron chi connectivity index (χ0n) is 17.2. The Bertz CT molecular complexity index is 820. The third-order valence-electron chi connectivity index (χ3n) is 5.54. The summed E-state index contributed by atoms with van der Waals surface area (Å²) in [5.74, 6) is 1.54. The highest BCUT2D eigenvalue weighted by atomic mass is 32.1. The molecule has 6 nitrogen and oxygen atoms in total. The number of benzene rings is 1. The van der Waals surface area contributed by atoms with Crippen LogP contribution in [0.1, 0.15) is 30.2 Å². The van der Waals surface area contributed by atoms with Crippen molar-refractivity contribution in [3.63, 3.8) is 0 Å². The van der Waals surface area contributed by atoms with E-state index in [0.717, 1.165) is 10.4 Å². The van der Waals surface area contributed by atoms with Gasteiger partial charge in [0, 0.05) is 36.0 Å². The van der Waals surface area contributed by atoms with Crippen LogP contribution in [0.4, 0.5) is 0 Å². The topological polar surface area (TPSA) is 67.9 Å². The molecule has 1 N–H and O–H groups in total. The van der Waals surface area contributed by atoms with E-state index < -0.39 is 5.41 Å². The average Bonchev–Trinajstić information content (AvgIpc) is 3.25. The van der Waals surface area contributed by atoms with Crippen molar-refractivity contribution >= 4 is 23.2 Å². The van der Waals surface area contributed by atoms with Crippen molar-refractivity contribution in [1.29, 1.82) is 0 Å². The summed E-state index contributed by atoms with van der Waals surface area (Å²) in [5.41, 5.74) is 0.449. The predicted octanol–water partition coefficient (Wildman–Crippen LogP) is 3.25. The second kappa shape index (κ2) is 9.31. The van der Waals surface area contributed by atoms with Crippen LogP contribution in [-0.4, -0.2) is 44.0 Å². The zero-order valence-corrected chi connectivity index (χ0v) is 18.0. The lowest BCUT2D eigenvalue weighted by Crippen LogP contribution is -2.48. The first-order chi connectivity index (χ1) is 13.9. The average molecular weight is 417 g/mol. The van der Waals surface area contributed by atoms with Gasteiger partial charge in [-0.2, -0.15) is 0 Å². The van der Waals surface area contributed by atoms with Crippen LogP contribution in [0.2, 0.25) is 0 Å². The molecule has 1 saturated heterocycles. The monoisotopic (exact) mass is 416 g/mol. The van der Waals surface area contributed by atoms with E-state index in [4.69, 9.17) is 9.47 Å². The molecule has 0 radical (unpaired) electrons. The van der Waals surface area contributed by atoms with E-state index in [9.17, 15) is 9.59 Å². The fraction of sp³-hybridized carbons (Fsp3) is 0.455. The number of piperidine rings is 1. The molecular weight excluding hydrogens is 388 g/mol. The highest BCUT2D eigenvalue weighted by Gasteiger charge is 2.37. The van der Waals surface area contributed by atoms with E-state index in [-0.39, 0.29) is 11.8 Å². The van der Waals surface area contributed by atoms with Gasteiger partial charge in [0.15, 0.2) is 0 Å². The quantitative estimate of drug-likeness (QED) is 0.752. The number of ether oxygens (including phenoxy) is 2. The molecule has 1 aromatic heterocycles. The van der Waals surface area contributed by atoms with Gasteiger partial charge in [-0.25, -0.2) is 0 Å². The van der Waals surface area contributed by atoms with Crippen LogP contribution in [-0.2, 0) is 22.6 Å². The Morgan fingerprint density at radius 3 is 2.34 bits per heavy atom. The molecule has 1 aliphatic heterocycles. The van der Waals surface area contributed by atoms with Crippen LogP contribution in [0.25, 0.3) is 0 Å². The molecule has 7 heteroatoms. The number of carbonyl (C=O) groups excluding carboxylic acids is 2. The molecule has 29 heavy (non-hydrogen) atoms. The molecule has 3 rings (SSSR count). The Morgan fingerprint density at radius 2 is 1.79 bits per heavy atom. The number of thiophene rings is 1. The molecule has 1 aliphatic rings. The molecule has 1 fully saturated rings. The number of carbonyl (C=O) groups is 2. The summed E-state index contributed by atoms with van der Waals surface area (Å²) in [4.78, 5) is 28.3. The summed E-state index contributed by atoms with van der Waals surface area (Å²) >= 11 is 1.60. The number of nitrogens with zero attached hydrogens (tertiary/aromatic N) is 1. The minimum absolute atomic E-state index is 0.0182. The first-order valence-corrected chi connectivity index (χ1v) is 10.6. The molecule has 156 valence electrons. The summed E-state index contributed by atoms with van der Waals surface area (Å²) in [6, 6.07) is 9.52. The third-order valence-corrected chi connectivity index (χ3v) is 6.41. The summed E-state index contributed by atoms with van der Waals surface area (Å²) in [6.45, 7) is 3.61. The maximum atomic E-state index is 12.9. The summed E-state index contributed by atoms with van der Waals surface area (Å²) in [7, 11) is 3.21. The van der Waals surface area contributed by atoms with Gasteiger partial charge in [0.2, 0.25) is 11.8 Å².